The van der Waals surface area contributed by atoms with Crippen LogP contribution in [0.1, 0.15) is 10.4 Å². The van der Waals surface area contributed by atoms with E-state index < -0.39 is 15.9 Å². The highest BCUT2D eigenvalue weighted by atomic mass is 32.2. The van der Waals surface area contributed by atoms with E-state index >= 15 is 0 Å². The second-order valence-electron chi connectivity index (χ2n) is 7.60. The Balaban J connectivity index is 1.53. The zero-order valence-electron chi connectivity index (χ0n) is 17.4. The van der Waals surface area contributed by atoms with Crippen molar-refractivity contribution in [2.24, 2.45) is 7.05 Å². The fourth-order valence-corrected chi connectivity index (χ4v) is 5.93. The second-order valence-corrected chi connectivity index (χ2v) is 10.2. The number of anilines is 1. The van der Waals surface area contributed by atoms with Crippen LogP contribution >= 0.6 is 11.3 Å². The van der Waals surface area contributed by atoms with Gasteiger partial charge in [0.25, 0.3) is 15.9 Å². The minimum Gasteiger partial charge on any atom is -0.350 e. The fraction of sp³-hybridized carbons (Fsp3) is 0.0417. The molecule has 33 heavy (non-hydrogen) atoms. The van der Waals surface area contributed by atoms with Gasteiger partial charge in [0.15, 0.2) is 0 Å². The zero-order valence-corrected chi connectivity index (χ0v) is 19.1. The molecule has 0 spiro atoms. The van der Waals surface area contributed by atoms with Gasteiger partial charge in [0.2, 0.25) is 0 Å². The first-order valence-corrected chi connectivity index (χ1v) is 12.4. The van der Waals surface area contributed by atoms with Crippen LogP contribution in [0.4, 0.5) is 5.69 Å². The van der Waals surface area contributed by atoms with Gasteiger partial charge in [-0.3, -0.25) is 14.7 Å². The third kappa shape index (κ3) is 3.76. The monoisotopic (exact) mass is 477 g/mol. The largest absolute Gasteiger partial charge is 0.350 e. The summed E-state index contributed by atoms with van der Waals surface area (Å²) in [6, 6.07) is 19.0. The maximum atomic E-state index is 12.9. The normalized spacial score (nSPS) is 11.7. The highest BCUT2D eigenvalue weighted by molar-refractivity contribution is 7.92. The molecule has 0 aliphatic carbocycles. The number of nitrogens with zero attached hydrogens (tertiary/aromatic N) is 1. The quantitative estimate of drug-likeness (QED) is 0.245. The van der Waals surface area contributed by atoms with Crippen molar-refractivity contribution in [3.8, 4) is 11.1 Å². The van der Waals surface area contributed by atoms with E-state index in [9.17, 15) is 13.2 Å². The first-order chi connectivity index (χ1) is 15.9. The molecule has 9 heteroatoms. The van der Waals surface area contributed by atoms with E-state index in [-0.39, 0.29) is 10.5 Å². The van der Waals surface area contributed by atoms with E-state index in [1.54, 1.807) is 17.4 Å². The Kier molecular flexibility index (Phi) is 5.16. The van der Waals surface area contributed by atoms with E-state index in [0.29, 0.717) is 5.69 Å². The summed E-state index contributed by atoms with van der Waals surface area (Å²) in [6.07, 6.45) is 2.06. The lowest BCUT2D eigenvalue weighted by atomic mass is 10.0. The van der Waals surface area contributed by atoms with Crippen molar-refractivity contribution in [2.75, 3.05) is 4.72 Å². The number of aromatic nitrogens is 1. The summed E-state index contributed by atoms with van der Waals surface area (Å²) >= 11 is 1.68. The smallest absolute Gasteiger partial charge is 0.274 e. The SMILES string of the molecule is Cn1cc(-c2csc3ccccc23)c2cc(NS(=O)(=O)c3ccc(C(=O)NO)cc3)ccc21. The molecule has 3 aromatic carbocycles. The molecule has 5 rings (SSSR count). The number of hydrogen-bond acceptors (Lipinski definition) is 5. The minimum atomic E-state index is -3.87. The summed E-state index contributed by atoms with van der Waals surface area (Å²) in [4.78, 5) is 11.5. The molecule has 0 saturated carbocycles. The van der Waals surface area contributed by atoms with E-state index in [2.05, 4.69) is 28.4 Å². The van der Waals surface area contributed by atoms with Crippen LogP contribution in [0, 0.1) is 0 Å². The molecule has 7 nitrogen and oxygen atoms in total. The Bertz CT molecular complexity index is 1620. The highest BCUT2D eigenvalue weighted by Crippen LogP contribution is 2.39. The Morgan fingerprint density at radius 3 is 2.48 bits per heavy atom. The Hall–Kier alpha value is -3.66. The van der Waals surface area contributed by atoms with Gasteiger partial charge >= 0.3 is 0 Å². The summed E-state index contributed by atoms with van der Waals surface area (Å²) in [6.45, 7) is 0. The molecule has 2 heterocycles. The van der Waals surface area contributed by atoms with Crippen molar-refractivity contribution in [3.63, 3.8) is 0 Å². The number of carbonyl (C=O) groups excluding carboxylic acids is 1. The molecular weight excluding hydrogens is 458 g/mol. The molecule has 3 N–H and O–H groups in total. The first kappa shape index (κ1) is 21.2. The minimum absolute atomic E-state index is 0.00852. The van der Waals surface area contributed by atoms with E-state index in [0.717, 1.165) is 27.4 Å². The fourth-order valence-electron chi connectivity index (χ4n) is 3.92. The summed E-state index contributed by atoms with van der Waals surface area (Å²) < 4.78 is 31.7. The molecule has 0 saturated heterocycles. The van der Waals surface area contributed by atoms with Gasteiger partial charge in [-0.05, 0) is 53.9 Å². The highest BCUT2D eigenvalue weighted by Gasteiger charge is 2.18. The number of rotatable bonds is 5. The maximum absolute atomic E-state index is 12.9. The van der Waals surface area contributed by atoms with Gasteiger partial charge in [0.1, 0.15) is 0 Å². The lowest BCUT2D eigenvalue weighted by molar-refractivity contribution is 0.0706. The number of hydroxylamine groups is 1. The zero-order chi connectivity index (χ0) is 23.2. The van der Waals surface area contributed by atoms with Crippen molar-refractivity contribution in [3.05, 3.63) is 83.9 Å². The number of hydrogen-bond donors (Lipinski definition) is 3. The van der Waals surface area contributed by atoms with Gasteiger partial charge in [-0.1, -0.05) is 18.2 Å². The average Bonchev–Trinajstić information content (AvgIpc) is 3.39. The predicted molar refractivity (Wildman–Crippen MR) is 130 cm³/mol. The topological polar surface area (TPSA) is 100 Å². The lowest BCUT2D eigenvalue weighted by Gasteiger charge is -2.09. The Morgan fingerprint density at radius 2 is 1.73 bits per heavy atom. The lowest BCUT2D eigenvalue weighted by Crippen LogP contribution is -2.19. The molecule has 0 bridgehead atoms. The molecular formula is C24H19N3O4S2. The van der Waals surface area contributed by atoms with Crippen LogP contribution in [0.25, 0.3) is 32.1 Å². The third-order valence-corrected chi connectivity index (χ3v) is 7.90. The Morgan fingerprint density at radius 1 is 0.970 bits per heavy atom. The van der Waals surface area contributed by atoms with Crippen LogP contribution in [0.3, 0.4) is 0 Å². The molecule has 1 amide bonds. The Labute approximate surface area is 193 Å². The maximum Gasteiger partial charge on any atom is 0.274 e. The van der Waals surface area contributed by atoms with Gasteiger partial charge < -0.3 is 4.57 Å². The van der Waals surface area contributed by atoms with E-state index in [4.69, 9.17) is 5.21 Å². The van der Waals surface area contributed by atoms with Crippen molar-refractivity contribution in [2.45, 2.75) is 4.90 Å². The molecule has 5 aromatic rings. The van der Waals surface area contributed by atoms with Crippen molar-refractivity contribution >= 4 is 53.9 Å². The second kappa shape index (κ2) is 8.04. The number of sulfonamides is 1. The summed E-state index contributed by atoms with van der Waals surface area (Å²) in [5, 5.41) is 12.9. The molecule has 2 aromatic heterocycles. The van der Waals surface area contributed by atoms with Crippen molar-refractivity contribution in [1.29, 1.82) is 0 Å². The number of aryl methyl sites for hydroxylation is 1. The van der Waals surface area contributed by atoms with Crippen LogP contribution in [-0.4, -0.2) is 24.1 Å². The molecule has 0 unspecified atom stereocenters. The molecule has 0 aliphatic rings. The van der Waals surface area contributed by atoms with Gasteiger partial charge in [-0.15, -0.1) is 11.3 Å². The van der Waals surface area contributed by atoms with Gasteiger partial charge in [0.05, 0.1) is 4.90 Å². The number of nitrogens with one attached hydrogen (secondary N) is 2. The van der Waals surface area contributed by atoms with Gasteiger partial charge in [0, 0.05) is 56.6 Å². The predicted octanol–water partition coefficient (Wildman–Crippen LogP) is 4.98. The number of amides is 1. The van der Waals surface area contributed by atoms with Gasteiger partial charge in [-0.2, -0.15) is 0 Å². The van der Waals surface area contributed by atoms with Gasteiger partial charge in [-0.25, -0.2) is 13.9 Å². The average molecular weight is 478 g/mol. The molecule has 166 valence electrons. The van der Waals surface area contributed by atoms with Crippen LogP contribution < -0.4 is 10.2 Å². The van der Waals surface area contributed by atoms with Crippen LogP contribution in [0.15, 0.2) is 83.2 Å². The standard InChI is InChI=1S/C24H19N3O4S2/c1-27-13-20(21-14-32-23-5-3-2-4-18(21)23)19-12-16(8-11-22(19)27)26-33(30,31)17-9-6-15(7-10-17)24(28)25-29/h2-14,26,29H,1H3,(H,25,28). The van der Waals surface area contributed by atoms with Crippen LogP contribution in [-0.2, 0) is 17.1 Å². The van der Waals surface area contributed by atoms with Crippen LogP contribution in [0.5, 0.6) is 0 Å². The molecule has 0 fully saturated rings. The number of thiophene rings is 1. The first-order valence-electron chi connectivity index (χ1n) is 10.0. The number of carbonyl (C=O) groups is 1. The molecule has 0 radical (unpaired) electrons. The van der Waals surface area contributed by atoms with E-state index in [1.165, 1.54) is 34.4 Å². The molecule has 0 atom stereocenters. The summed E-state index contributed by atoms with van der Waals surface area (Å²) in [7, 11) is -1.91. The van der Waals surface area contributed by atoms with Crippen LogP contribution in [0.2, 0.25) is 0 Å². The summed E-state index contributed by atoms with van der Waals surface area (Å²) in [5.41, 5.74) is 5.24. The van der Waals surface area contributed by atoms with Crippen molar-refractivity contribution in [1.82, 2.24) is 10.0 Å². The van der Waals surface area contributed by atoms with Crippen molar-refractivity contribution < 1.29 is 18.4 Å². The molecule has 0 aliphatic heterocycles. The number of benzene rings is 3. The van der Waals surface area contributed by atoms with E-state index in [1.807, 2.05) is 35.9 Å². The third-order valence-electron chi connectivity index (χ3n) is 5.54. The summed E-state index contributed by atoms with van der Waals surface area (Å²) in [5.74, 6) is -0.713. The number of fused-ring (bicyclic) bond motifs is 2.